The van der Waals surface area contributed by atoms with Crippen LogP contribution in [0.1, 0.15) is 62.1 Å². The van der Waals surface area contributed by atoms with Crippen LogP contribution in [0.3, 0.4) is 0 Å². The number of carbonyl (C=O) groups is 3. The number of ketones is 1. The number of anilines is 1. The number of hydrogen-bond donors (Lipinski definition) is 3. The molecule has 10 heteroatoms. The third-order valence-electron chi connectivity index (χ3n) is 6.46. The molecule has 1 atom stereocenters. The summed E-state index contributed by atoms with van der Waals surface area (Å²) in [5.41, 5.74) is 8.80. The summed E-state index contributed by atoms with van der Waals surface area (Å²) in [6.07, 6.45) is 3.95. The predicted molar refractivity (Wildman–Crippen MR) is 154 cm³/mol. The fourth-order valence-corrected chi connectivity index (χ4v) is 4.99. The minimum absolute atomic E-state index is 0.156. The Hall–Kier alpha value is -3.34. The molecule has 0 spiro atoms. The minimum Gasteiger partial charge on any atom is -0.354 e. The molecular formula is C29H39N3O6S. The zero-order chi connectivity index (χ0) is 28.8. The summed E-state index contributed by atoms with van der Waals surface area (Å²) in [4.78, 5) is 40.0. The maximum atomic E-state index is 13.5. The van der Waals surface area contributed by atoms with Crippen LogP contribution in [0.4, 0.5) is 5.69 Å². The highest BCUT2D eigenvalue weighted by Gasteiger charge is 2.32. The van der Waals surface area contributed by atoms with Crippen LogP contribution in [0.2, 0.25) is 0 Å². The van der Waals surface area contributed by atoms with E-state index in [1.54, 1.807) is 11.0 Å². The van der Waals surface area contributed by atoms with E-state index in [4.69, 9.17) is 5.73 Å². The van der Waals surface area contributed by atoms with Crippen molar-refractivity contribution in [2.75, 3.05) is 18.0 Å². The van der Waals surface area contributed by atoms with Gasteiger partial charge in [-0.3, -0.25) is 18.9 Å². The molecule has 0 fully saturated rings. The fourth-order valence-electron chi connectivity index (χ4n) is 4.24. The largest absolute Gasteiger partial charge is 0.354 e. The van der Waals surface area contributed by atoms with Gasteiger partial charge >= 0.3 is 0 Å². The number of nitrogens with one attached hydrogen (secondary N) is 1. The second-order valence-corrected chi connectivity index (χ2v) is 10.8. The number of para-hydroxylation sites is 1. The number of nitrogens with zero attached hydrogens (tertiary/aromatic N) is 1. The quantitative estimate of drug-likeness (QED) is 0.199. The van der Waals surface area contributed by atoms with Gasteiger partial charge in [-0.1, -0.05) is 68.5 Å². The van der Waals surface area contributed by atoms with E-state index in [2.05, 4.69) is 11.9 Å². The molecule has 0 heterocycles. The Bertz CT molecular complexity index is 1250. The third kappa shape index (κ3) is 10.0. The Morgan fingerprint density at radius 2 is 1.67 bits per heavy atom. The zero-order valence-electron chi connectivity index (χ0n) is 22.5. The molecule has 0 saturated heterocycles. The molecule has 0 aliphatic carbocycles. The molecule has 0 radical (unpaired) electrons. The highest BCUT2D eigenvalue weighted by molar-refractivity contribution is 7.87. The Balaban J connectivity index is 2.16. The second-order valence-electron chi connectivity index (χ2n) is 9.24. The number of amides is 2. The summed E-state index contributed by atoms with van der Waals surface area (Å²) in [5.74, 6) is -1.64. The highest BCUT2D eigenvalue weighted by atomic mass is 32.2. The lowest BCUT2D eigenvalue weighted by Crippen LogP contribution is -2.42. The fraction of sp³-hybridized carbons (Fsp3) is 0.414. The first kappa shape index (κ1) is 31.9. The number of Topliss-reactive ketones (excluding diaryl/α,β-unsaturated/α-hetero) is 1. The van der Waals surface area contributed by atoms with Gasteiger partial charge in [-0.05, 0) is 48.6 Å². The summed E-state index contributed by atoms with van der Waals surface area (Å²) >= 11 is 0. The van der Waals surface area contributed by atoms with Gasteiger partial charge in [-0.15, -0.1) is 0 Å². The normalized spacial score (nSPS) is 12.0. The summed E-state index contributed by atoms with van der Waals surface area (Å²) in [7, 11) is -4.79. The van der Waals surface area contributed by atoms with Crippen LogP contribution in [-0.2, 0) is 37.5 Å². The van der Waals surface area contributed by atoms with E-state index in [0.29, 0.717) is 25.1 Å². The van der Waals surface area contributed by atoms with Crippen LogP contribution in [-0.4, -0.2) is 48.9 Å². The third-order valence-corrected chi connectivity index (χ3v) is 7.61. The number of benzene rings is 2. The number of rotatable bonds is 17. The lowest BCUT2D eigenvalue weighted by Gasteiger charge is -2.26. The van der Waals surface area contributed by atoms with Crippen molar-refractivity contribution in [3.8, 4) is 0 Å². The minimum atomic E-state index is -4.79. The summed E-state index contributed by atoms with van der Waals surface area (Å²) < 4.78 is 33.6. The molecule has 2 amide bonds. The number of aryl methyl sites for hydroxylation is 1. The van der Waals surface area contributed by atoms with Gasteiger partial charge in [0.15, 0.2) is 11.0 Å². The Kier molecular flexibility index (Phi) is 13.0. The van der Waals surface area contributed by atoms with Crippen LogP contribution >= 0.6 is 0 Å². The van der Waals surface area contributed by atoms with Crippen LogP contribution in [0.5, 0.6) is 0 Å². The van der Waals surface area contributed by atoms with Crippen molar-refractivity contribution in [2.45, 2.75) is 63.7 Å². The van der Waals surface area contributed by atoms with E-state index in [1.165, 1.54) is 0 Å². The van der Waals surface area contributed by atoms with Crippen molar-refractivity contribution < 1.29 is 27.4 Å². The first-order valence-electron chi connectivity index (χ1n) is 13.2. The van der Waals surface area contributed by atoms with Gasteiger partial charge in [0.2, 0.25) is 11.8 Å². The lowest BCUT2D eigenvalue weighted by molar-refractivity contribution is -0.124. The number of unbranched alkanes of at least 4 members (excludes halogenated alkanes) is 2. The molecule has 2 aromatic carbocycles. The van der Waals surface area contributed by atoms with E-state index < -0.39 is 40.0 Å². The summed E-state index contributed by atoms with van der Waals surface area (Å²) in [5, 5.41) is 0.558. The molecule has 2 rings (SSSR count). The Labute approximate surface area is 231 Å². The first-order chi connectivity index (χ1) is 18.6. The zero-order valence-corrected chi connectivity index (χ0v) is 23.3. The summed E-state index contributed by atoms with van der Waals surface area (Å²) in [6, 6.07) is 15.0. The molecule has 0 aliphatic rings. The molecule has 0 aromatic heterocycles. The number of hydrogen-bond acceptors (Lipinski definition) is 6. The number of nitrogens with two attached hydrogens (primary N) is 1. The van der Waals surface area contributed by atoms with E-state index >= 15 is 0 Å². The topological polar surface area (TPSA) is 147 Å². The van der Waals surface area contributed by atoms with Gasteiger partial charge in [-0.25, -0.2) is 0 Å². The molecule has 212 valence electrons. The molecule has 1 unspecified atom stereocenters. The van der Waals surface area contributed by atoms with Crippen molar-refractivity contribution in [3.63, 3.8) is 0 Å². The molecule has 9 nitrogen and oxygen atoms in total. The van der Waals surface area contributed by atoms with Crippen molar-refractivity contribution in [3.05, 3.63) is 71.8 Å². The monoisotopic (exact) mass is 557 g/mol. The molecule has 0 bridgehead atoms. The van der Waals surface area contributed by atoms with Crippen molar-refractivity contribution >= 4 is 39.5 Å². The van der Waals surface area contributed by atoms with Crippen LogP contribution in [0, 0.1) is 0 Å². The van der Waals surface area contributed by atoms with Crippen LogP contribution < -0.4 is 16.0 Å². The average Bonchev–Trinajstić information content (AvgIpc) is 2.92. The Morgan fingerprint density at radius 1 is 1.00 bits per heavy atom. The molecule has 0 aliphatic heterocycles. The van der Waals surface area contributed by atoms with Gasteiger partial charge in [-0.2, -0.15) is 8.42 Å². The van der Waals surface area contributed by atoms with Crippen LogP contribution in [0.15, 0.2) is 55.1 Å². The van der Waals surface area contributed by atoms with Crippen molar-refractivity contribution in [1.82, 2.24) is 5.32 Å². The van der Waals surface area contributed by atoms with Gasteiger partial charge in [0.25, 0.3) is 10.1 Å². The molecule has 39 heavy (non-hydrogen) atoms. The average molecular weight is 558 g/mol. The summed E-state index contributed by atoms with van der Waals surface area (Å²) in [6.45, 7) is 6.01. The van der Waals surface area contributed by atoms with Gasteiger partial charge in [0.05, 0.1) is 6.54 Å². The SMILES string of the molecule is C=Cc1ccccc1CN(C(=O)CCC(=O)C(CNC(=O)CCCCCN)S(=O)(=O)O)c1ccccc1CC. The maximum Gasteiger partial charge on any atom is 0.276 e. The molecular weight excluding hydrogens is 518 g/mol. The predicted octanol–water partition coefficient (Wildman–Crippen LogP) is 3.67. The number of carbonyl (C=O) groups excluding carboxylic acids is 3. The van der Waals surface area contributed by atoms with Crippen molar-refractivity contribution in [1.29, 1.82) is 0 Å². The van der Waals surface area contributed by atoms with Gasteiger partial charge < -0.3 is 16.0 Å². The van der Waals surface area contributed by atoms with E-state index in [0.717, 1.165) is 29.5 Å². The van der Waals surface area contributed by atoms with E-state index in [-0.39, 0.29) is 25.3 Å². The maximum absolute atomic E-state index is 13.5. The Morgan fingerprint density at radius 3 is 2.31 bits per heavy atom. The first-order valence-corrected chi connectivity index (χ1v) is 14.7. The van der Waals surface area contributed by atoms with Gasteiger partial charge in [0, 0.05) is 31.5 Å². The molecule has 2 aromatic rings. The van der Waals surface area contributed by atoms with Crippen LogP contribution in [0.25, 0.3) is 6.08 Å². The van der Waals surface area contributed by atoms with E-state index in [9.17, 15) is 27.4 Å². The lowest BCUT2D eigenvalue weighted by atomic mass is 10.0. The smallest absolute Gasteiger partial charge is 0.276 e. The van der Waals surface area contributed by atoms with Crippen molar-refractivity contribution in [2.24, 2.45) is 5.73 Å². The van der Waals surface area contributed by atoms with E-state index in [1.807, 2.05) is 55.5 Å². The highest BCUT2D eigenvalue weighted by Crippen LogP contribution is 2.26. The van der Waals surface area contributed by atoms with Gasteiger partial charge in [0.1, 0.15) is 0 Å². The standard InChI is InChI=1S/C29H39N3O6S/c1-3-22-12-7-8-14-24(22)21-32(25-15-10-9-13-23(25)4-2)29(35)18-17-26(33)27(39(36,37)38)20-31-28(34)16-6-5-11-19-30/h3,7-10,12-15,27H,1,4-6,11,16-21,30H2,2H3,(H,31,34)(H,36,37,38). The second kappa shape index (κ2) is 15.9. The molecule has 0 saturated carbocycles. The molecule has 4 N–H and O–H groups in total.